The van der Waals surface area contributed by atoms with Crippen LogP contribution in [0.25, 0.3) is 17.0 Å². The number of ether oxygens (including phenoxy) is 2. The molecule has 8 rings (SSSR count). The van der Waals surface area contributed by atoms with Gasteiger partial charge < -0.3 is 19.1 Å². The van der Waals surface area contributed by atoms with Crippen LogP contribution in [0.1, 0.15) is 75.5 Å². The summed E-state index contributed by atoms with van der Waals surface area (Å²) in [4.78, 5) is 23.5. The lowest BCUT2D eigenvalue weighted by molar-refractivity contribution is -0.0494. The van der Waals surface area contributed by atoms with Crippen LogP contribution in [0.15, 0.2) is 54.6 Å². The van der Waals surface area contributed by atoms with E-state index in [1.807, 2.05) is 18.2 Å². The Labute approximate surface area is 265 Å². The summed E-state index contributed by atoms with van der Waals surface area (Å²) in [5.41, 5.74) is 3.86. The van der Waals surface area contributed by atoms with Gasteiger partial charge in [0.1, 0.15) is 34.8 Å². The van der Waals surface area contributed by atoms with Gasteiger partial charge in [-0.15, -0.1) is 0 Å². The largest absolute Gasteiger partial charge is 0.480 e. The number of likely N-dealkylation sites (tertiary alicyclic amines) is 1. The summed E-state index contributed by atoms with van der Waals surface area (Å²) in [7, 11) is -0.441. The fourth-order valence-corrected chi connectivity index (χ4v) is 9.44. The number of carbonyl (C=O) groups is 1. The molecule has 0 radical (unpaired) electrons. The average molecular weight is 640 g/mol. The second-order valence-corrected chi connectivity index (χ2v) is 14.8. The van der Waals surface area contributed by atoms with Crippen molar-refractivity contribution in [3.8, 4) is 11.8 Å². The van der Waals surface area contributed by atoms with Gasteiger partial charge in [-0.2, -0.15) is 5.26 Å². The molecule has 12 heteroatoms. The van der Waals surface area contributed by atoms with E-state index in [1.165, 1.54) is 24.3 Å². The van der Waals surface area contributed by atoms with Gasteiger partial charge in [0.05, 0.1) is 39.4 Å². The minimum absolute atomic E-state index is 0.0172. The number of para-hydroxylation sites is 1. The average Bonchev–Trinajstić information content (AvgIpc) is 3.70. The van der Waals surface area contributed by atoms with Crippen LogP contribution < -0.4 is 4.74 Å². The van der Waals surface area contributed by atoms with Crippen LogP contribution in [0, 0.1) is 17.1 Å². The summed E-state index contributed by atoms with van der Waals surface area (Å²) in [6.45, 7) is 3.00. The molecule has 2 aromatic carbocycles. The molecule has 0 saturated carbocycles. The fraction of sp³-hybridized carbons (Fsp3) is 0.353. The number of pyridine rings is 1. The normalized spacial score (nSPS) is 24.9. The summed E-state index contributed by atoms with van der Waals surface area (Å²) in [6.07, 6.45) is 3.35. The van der Waals surface area contributed by atoms with Crippen molar-refractivity contribution in [3.05, 3.63) is 94.2 Å². The highest BCUT2D eigenvalue weighted by atomic mass is 28.2. The van der Waals surface area contributed by atoms with Crippen LogP contribution in [0.4, 0.5) is 8.78 Å². The first-order valence-electron chi connectivity index (χ1n) is 15.7. The van der Waals surface area contributed by atoms with Crippen molar-refractivity contribution in [1.29, 1.82) is 5.26 Å². The van der Waals surface area contributed by atoms with Crippen LogP contribution in [0.2, 0.25) is 5.54 Å². The Bertz CT molecular complexity index is 1950. The molecule has 9 nitrogen and oxygen atoms in total. The van der Waals surface area contributed by atoms with Crippen molar-refractivity contribution in [2.24, 2.45) is 0 Å². The number of imidazole rings is 1. The van der Waals surface area contributed by atoms with Gasteiger partial charge in [0.2, 0.25) is 0 Å². The van der Waals surface area contributed by atoms with Crippen molar-refractivity contribution in [3.63, 3.8) is 0 Å². The molecule has 4 aromatic rings. The van der Waals surface area contributed by atoms with Gasteiger partial charge in [-0.1, -0.05) is 18.2 Å². The van der Waals surface area contributed by atoms with E-state index >= 15 is 4.39 Å². The zero-order valence-electron chi connectivity index (χ0n) is 24.9. The van der Waals surface area contributed by atoms with Gasteiger partial charge in [-0.25, -0.2) is 23.5 Å². The van der Waals surface area contributed by atoms with E-state index in [2.05, 4.69) is 14.5 Å². The second kappa shape index (κ2) is 11.4. The van der Waals surface area contributed by atoms with Gasteiger partial charge in [-0.05, 0) is 85.8 Å². The third-order valence-electron chi connectivity index (χ3n) is 9.85. The molecule has 4 aliphatic heterocycles. The summed E-state index contributed by atoms with van der Waals surface area (Å²) >= 11 is 0. The minimum Gasteiger partial charge on any atom is -0.480 e. The lowest BCUT2D eigenvalue weighted by atomic mass is 9.86. The zero-order valence-corrected chi connectivity index (χ0v) is 26.3. The summed E-state index contributed by atoms with van der Waals surface area (Å²) in [6, 6.07) is 14.8. The predicted octanol–water partition coefficient (Wildman–Crippen LogP) is 5.22. The molecule has 0 spiro atoms. The van der Waals surface area contributed by atoms with Crippen molar-refractivity contribution in [2.45, 2.75) is 55.1 Å². The molecular weight excluding hydrogens is 608 g/mol. The highest BCUT2D eigenvalue weighted by molar-refractivity contribution is 6.53. The number of piperidine rings is 1. The van der Waals surface area contributed by atoms with Crippen molar-refractivity contribution in [1.82, 2.24) is 19.4 Å². The standard InChI is InChI=1S/C34H31F2N5O4Si/c35-23-14-18(16-37)4-5-21(23)28-15-24(36)22-3-1-2-20(30(22)45-28)19-8-11-40(12-9-19)17-29-38-25-6-7-26(34(42)43)39-32(25)41(29)33-31(46-33)27-10-13-44-27/h1-7,14-15,19,27-28,31,33H,8-13,17,46H2,(H,42,43)/t27?,28-,31+,33?/m0/s1. The zero-order chi connectivity index (χ0) is 31.5. The maximum Gasteiger partial charge on any atom is 0.354 e. The molecule has 4 aliphatic rings. The Kier molecular flexibility index (Phi) is 7.20. The van der Waals surface area contributed by atoms with E-state index in [9.17, 15) is 14.3 Å². The van der Waals surface area contributed by atoms with Gasteiger partial charge in [0.15, 0.2) is 11.3 Å². The second-order valence-electron chi connectivity index (χ2n) is 12.6. The summed E-state index contributed by atoms with van der Waals surface area (Å²) < 4.78 is 44.5. The van der Waals surface area contributed by atoms with Gasteiger partial charge >= 0.3 is 5.97 Å². The lowest BCUT2D eigenvalue weighted by Crippen LogP contribution is -2.34. The Morgan fingerprint density at radius 1 is 1.09 bits per heavy atom. The molecule has 0 bridgehead atoms. The third-order valence-corrected chi connectivity index (χ3v) is 12.2. The highest BCUT2D eigenvalue weighted by Gasteiger charge is 2.49. The Morgan fingerprint density at radius 2 is 1.91 bits per heavy atom. The van der Waals surface area contributed by atoms with Crippen LogP contribution in [-0.2, 0) is 11.3 Å². The topological polar surface area (TPSA) is 114 Å². The van der Waals surface area contributed by atoms with Crippen LogP contribution in [0.5, 0.6) is 5.75 Å². The summed E-state index contributed by atoms with van der Waals surface area (Å²) in [5, 5.41) is 18.7. The Hall–Kier alpha value is -4.44. The predicted molar refractivity (Wildman–Crippen MR) is 167 cm³/mol. The van der Waals surface area contributed by atoms with Crippen LogP contribution >= 0.6 is 0 Å². The van der Waals surface area contributed by atoms with Gasteiger partial charge in [0.25, 0.3) is 0 Å². The molecule has 0 aliphatic carbocycles. The number of aromatic carboxylic acids is 1. The number of benzene rings is 2. The summed E-state index contributed by atoms with van der Waals surface area (Å²) in [5.74, 6) is -0.646. The minimum atomic E-state index is -1.05. The van der Waals surface area contributed by atoms with Crippen LogP contribution in [-0.4, -0.2) is 65.8 Å². The fourth-order valence-electron chi connectivity index (χ4n) is 7.25. The lowest BCUT2D eigenvalue weighted by Gasteiger charge is -2.34. The van der Waals surface area contributed by atoms with E-state index in [0.717, 1.165) is 56.4 Å². The molecule has 234 valence electrons. The molecule has 0 amide bonds. The Morgan fingerprint density at radius 3 is 2.63 bits per heavy atom. The maximum atomic E-state index is 15.4. The van der Waals surface area contributed by atoms with E-state index in [0.29, 0.717) is 46.3 Å². The van der Waals surface area contributed by atoms with E-state index < -0.39 is 33.2 Å². The number of hydrogen-bond donors (Lipinski definition) is 1. The number of hydrogen-bond acceptors (Lipinski definition) is 7. The van der Waals surface area contributed by atoms with E-state index in [1.54, 1.807) is 12.1 Å². The first-order chi connectivity index (χ1) is 22.4. The van der Waals surface area contributed by atoms with E-state index in [-0.39, 0.29) is 22.7 Å². The molecule has 1 N–H and O–H groups in total. The molecule has 2 unspecified atom stereocenters. The van der Waals surface area contributed by atoms with Crippen molar-refractivity contribution >= 4 is 32.5 Å². The van der Waals surface area contributed by atoms with Gasteiger partial charge in [-0.3, -0.25) is 4.90 Å². The number of nitriles is 1. The van der Waals surface area contributed by atoms with Gasteiger partial charge in [0, 0.05) is 17.8 Å². The Balaban J connectivity index is 1.01. The molecular formula is C34H31F2N5O4Si. The third kappa shape index (κ3) is 5.08. The number of halogens is 2. The molecule has 6 heterocycles. The van der Waals surface area contributed by atoms with Crippen LogP contribution in [0.3, 0.4) is 0 Å². The first kappa shape index (κ1) is 29.0. The first-order valence-corrected chi connectivity index (χ1v) is 17.3. The quantitative estimate of drug-likeness (QED) is 0.274. The van der Waals surface area contributed by atoms with Crippen molar-refractivity contribution < 1.29 is 28.2 Å². The number of rotatable bonds is 7. The van der Waals surface area contributed by atoms with Crippen molar-refractivity contribution in [2.75, 3.05) is 19.7 Å². The number of aromatic nitrogens is 3. The molecule has 4 atom stereocenters. The molecule has 3 fully saturated rings. The number of nitrogens with zero attached hydrogens (tertiary/aromatic N) is 5. The smallest absolute Gasteiger partial charge is 0.354 e. The monoisotopic (exact) mass is 639 g/mol. The highest BCUT2D eigenvalue weighted by Crippen LogP contribution is 2.49. The van der Waals surface area contributed by atoms with E-state index in [4.69, 9.17) is 19.7 Å². The maximum absolute atomic E-state index is 15.4. The SMILES string of the molecule is N#Cc1ccc([C@@H]2C=C(F)c3cccc(C4CCN(Cc5nc6ccc(C(=O)O)nc6n5C5[SiH2][C@@H]5C5CCO5)CC4)c3O2)c(F)c1. The molecule has 46 heavy (non-hydrogen) atoms. The molecule has 2 aromatic heterocycles. The number of fused-ring (bicyclic) bond motifs is 2. The number of carboxylic acids is 1. The number of carboxylic acid groups (broad SMARTS) is 1. The molecule has 3 saturated heterocycles.